The molecule has 1 spiro atoms. The zero-order valence-electron chi connectivity index (χ0n) is 16.8. The predicted octanol–water partition coefficient (Wildman–Crippen LogP) is 2.95. The van der Waals surface area contributed by atoms with Gasteiger partial charge in [0.1, 0.15) is 0 Å². The van der Waals surface area contributed by atoms with Crippen LogP contribution in [0.1, 0.15) is 42.5 Å². The SMILES string of the molecule is O=C(NC1CCCN(C(=O)C2CC23CCNCC3)C1)c1ccc2ccccc2c1. The summed E-state index contributed by atoms with van der Waals surface area (Å²) in [5, 5.41) is 8.78. The Kier molecular flexibility index (Phi) is 4.78. The average Bonchev–Trinajstić information content (AvgIpc) is 3.46. The molecule has 0 radical (unpaired) electrons. The van der Waals surface area contributed by atoms with E-state index in [0.29, 0.717) is 18.0 Å². The zero-order chi connectivity index (χ0) is 19.8. The second-order valence-corrected chi connectivity index (χ2v) is 9.03. The van der Waals surface area contributed by atoms with Gasteiger partial charge < -0.3 is 15.5 Å². The highest BCUT2D eigenvalue weighted by molar-refractivity contribution is 5.98. The maximum Gasteiger partial charge on any atom is 0.251 e. The van der Waals surface area contributed by atoms with E-state index >= 15 is 0 Å². The first-order valence-electron chi connectivity index (χ1n) is 10.9. The van der Waals surface area contributed by atoms with Crippen LogP contribution in [-0.2, 0) is 4.79 Å². The van der Waals surface area contributed by atoms with Gasteiger partial charge in [0.2, 0.25) is 5.91 Å². The lowest BCUT2D eigenvalue weighted by Crippen LogP contribution is -2.50. The van der Waals surface area contributed by atoms with Gasteiger partial charge in [-0.3, -0.25) is 9.59 Å². The van der Waals surface area contributed by atoms with E-state index in [-0.39, 0.29) is 23.3 Å². The summed E-state index contributed by atoms with van der Waals surface area (Å²) >= 11 is 0. The summed E-state index contributed by atoms with van der Waals surface area (Å²) < 4.78 is 0. The van der Waals surface area contributed by atoms with Crippen molar-refractivity contribution in [2.45, 2.75) is 38.1 Å². The maximum absolute atomic E-state index is 13.1. The number of carbonyl (C=O) groups is 2. The van der Waals surface area contributed by atoms with Gasteiger partial charge in [-0.05, 0) is 73.5 Å². The number of nitrogens with zero attached hydrogens (tertiary/aromatic N) is 1. The van der Waals surface area contributed by atoms with Gasteiger partial charge >= 0.3 is 0 Å². The topological polar surface area (TPSA) is 61.4 Å². The fourth-order valence-corrected chi connectivity index (χ4v) is 5.29. The largest absolute Gasteiger partial charge is 0.348 e. The number of fused-ring (bicyclic) bond motifs is 1. The van der Waals surface area contributed by atoms with E-state index in [1.54, 1.807) is 0 Å². The third kappa shape index (κ3) is 3.64. The average molecular weight is 392 g/mol. The van der Waals surface area contributed by atoms with Crippen molar-refractivity contribution >= 4 is 22.6 Å². The van der Waals surface area contributed by atoms with Crippen LogP contribution in [0.25, 0.3) is 10.8 Å². The molecule has 2 N–H and O–H groups in total. The molecule has 2 unspecified atom stereocenters. The predicted molar refractivity (Wildman–Crippen MR) is 114 cm³/mol. The van der Waals surface area contributed by atoms with Crippen LogP contribution in [0.2, 0.25) is 0 Å². The van der Waals surface area contributed by atoms with E-state index in [4.69, 9.17) is 0 Å². The van der Waals surface area contributed by atoms with E-state index in [9.17, 15) is 9.59 Å². The summed E-state index contributed by atoms with van der Waals surface area (Å²) in [4.78, 5) is 27.9. The van der Waals surface area contributed by atoms with E-state index in [0.717, 1.165) is 62.5 Å². The first kappa shape index (κ1) is 18.6. The number of rotatable bonds is 3. The Balaban J connectivity index is 1.21. The van der Waals surface area contributed by atoms with Gasteiger partial charge in [0.25, 0.3) is 5.91 Å². The number of amides is 2. The molecule has 2 amide bonds. The number of hydrogen-bond donors (Lipinski definition) is 2. The molecule has 29 heavy (non-hydrogen) atoms. The van der Waals surface area contributed by atoms with Crippen molar-refractivity contribution in [1.29, 1.82) is 0 Å². The molecule has 2 aliphatic heterocycles. The summed E-state index contributed by atoms with van der Waals surface area (Å²) in [5.41, 5.74) is 0.951. The van der Waals surface area contributed by atoms with Gasteiger partial charge in [0.15, 0.2) is 0 Å². The molecule has 3 fully saturated rings. The van der Waals surface area contributed by atoms with Crippen LogP contribution >= 0.6 is 0 Å². The molecule has 0 bridgehead atoms. The highest BCUT2D eigenvalue weighted by atomic mass is 16.2. The molecule has 5 rings (SSSR count). The van der Waals surface area contributed by atoms with Crippen molar-refractivity contribution in [3.05, 3.63) is 48.0 Å². The number of nitrogens with one attached hydrogen (secondary N) is 2. The quantitative estimate of drug-likeness (QED) is 0.846. The summed E-state index contributed by atoms with van der Waals surface area (Å²) in [6, 6.07) is 13.9. The van der Waals surface area contributed by atoms with Crippen LogP contribution in [0.3, 0.4) is 0 Å². The van der Waals surface area contributed by atoms with E-state index < -0.39 is 0 Å². The third-order valence-corrected chi connectivity index (χ3v) is 7.17. The summed E-state index contributed by atoms with van der Waals surface area (Å²) in [5.74, 6) is 0.479. The van der Waals surface area contributed by atoms with Crippen molar-refractivity contribution in [3.8, 4) is 0 Å². The number of hydrogen-bond acceptors (Lipinski definition) is 3. The third-order valence-electron chi connectivity index (χ3n) is 7.17. The minimum Gasteiger partial charge on any atom is -0.348 e. The van der Waals surface area contributed by atoms with Gasteiger partial charge in [-0.15, -0.1) is 0 Å². The lowest BCUT2D eigenvalue weighted by atomic mass is 9.91. The van der Waals surface area contributed by atoms with Crippen LogP contribution in [0.4, 0.5) is 0 Å². The molecule has 5 nitrogen and oxygen atoms in total. The zero-order valence-corrected chi connectivity index (χ0v) is 16.8. The van der Waals surface area contributed by atoms with Gasteiger partial charge in [-0.25, -0.2) is 0 Å². The Hall–Kier alpha value is -2.40. The Labute approximate surface area is 171 Å². The molecular formula is C24H29N3O2. The highest BCUT2D eigenvalue weighted by Gasteiger charge is 2.58. The monoisotopic (exact) mass is 391 g/mol. The molecule has 152 valence electrons. The minimum atomic E-state index is -0.0451. The molecule has 2 heterocycles. The smallest absolute Gasteiger partial charge is 0.251 e. The van der Waals surface area contributed by atoms with Crippen LogP contribution in [-0.4, -0.2) is 48.9 Å². The standard InChI is InChI=1S/C24H29N3O2/c28-22(19-8-7-17-4-1-2-5-18(17)14-19)26-20-6-3-13-27(16-20)23(29)21-15-24(21)9-11-25-12-10-24/h1-2,4-5,7-8,14,20-21,25H,3,6,9-13,15-16H2,(H,26,28). The molecule has 2 aromatic rings. The lowest BCUT2D eigenvalue weighted by molar-refractivity contribution is -0.135. The molecule has 2 aromatic carbocycles. The Morgan fingerprint density at radius 3 is 2.69 bits per heavy atom. The Bertz CT molecular complexity index is 935. The Morgan fingerprint density at radius 2 is 1.86 bits per heavy atom. The van der Waals surface area contributed by atoms with Crippen LogP contribution in [0.15, 0.2) is 42.5 Å². The number of benzene rings is 2. The Morgan fingerprint density at radius 1 is 1.07 bits per heavy atom. The molecular weight excluding hydrogens is 362 g/mol. The van der Waals surface area contributed by atoms with Crippen LogP contribution in [0, 0.1) is 11.3 Å². The van der Waals surface area contributed by atoms with Crippen molar-refractivity contribution in [3.63, 3.8) is 0 Å². The van der Waals surface area contributed by atoms with Crippen LogP contribution < -0.4 is 10.6 Å². The summed E-state index contributed by atoms with van der Waals surface area (Å²) in [6.45, 7) is 3.54. The van der Waals surface area contributed by atoms with Crippen molar-refractivity contribution in [1.82, 2.24) is 15.5 Å². The molecule has 1 saturated carbocycles. The second kappa shape index (κ2) is 7.45. The molecule has 5 heteroatoms. The van der Waals surface area contributed by atoms with E-state index in [2.05, 4.69) is 16.7 Å². The van der Waals surface area contributed by atoms with Gasteiger partial charge in [-0.2, -0.15) is 0 Å². The van der Waals surface area contributed by atoms with E-state index in [1.807, 2.05) is 41.3 Å². The molecule has 2 saturated heterocycles. The lowest BCUT2D eigenvalue weighted by Gasteiger charge is -2.34. The number of carbonyl (C=O) groups excluding carboxylic acids is 2. The maximum atomic E-state index is 13.1. The van der Waals surface area contributed by atoms with Gasteiger partial charge in [-0.1, -0.05) is 30.3 Å². The molecule has 3 aliphatic rings. The minimum absolute atomic E-state index is 0.0365. The number of piperidine rings is 2. The summed E-state index contributed by atoms with van der Waals surface area (Å²) in [7, 11) is 0. The van der Waals surface area contributed by atoms with Crippen LogP contribution in [0.5, 0.6) is 0 Å². The van der Waals surface area contributed by atoms with Crippen molar-refractivity contribution in [2.24, 2.45) is 11.3 Å². The highest BCUT2D eigenvalue weighted by Crippen LogP contribution is 2.59. The number of likely N-dealkylation sites (tertiary alicyclic amines) is 1. The fraction of sp³-hybridized carbons (Fsp3) is 0.500. The molecule has 0 aromatic heterocycles. The summed E-state index contributed by atoms with van der Waals surface area (Å²) in [6.07, 6.45) is 5.19. The van der Waals surface area contributed by atoms with Crippen molar-refractivity contribution < 1.29 is 9.59 Å². The molecule has 1 aliphatic carbocycles. The van der Waals surface area contributed by atoms with Gasteiger partial charge in [0.05, 0.1) is 0 Å². The first-order valence-corrected chi connectivity index (χ1v) is 10.9. The fourth-order valence-electron chi connectivity index (χ4n) is 5.29. The second-order valence-electron chi connectivity index (χ2n) is 9.03. The normalized spacial score (nSPS) is 25.7. The first-order chi connectivity index (χ1) is 14.1. The van der Waals surface area contributed by atoms with Crippen molar-refractivity contribution in [2.75, 3.05) is 26.2 Å². The van der Waals surface area contributed by atoms with E-state index in [1.165, 1.54) is 0 Å². The van der Waals surface area contributed by atoms with Gasteiger partial charge in [0, 0.05) is 30.6 Å². The molecule has 2 atom stereocenters.